The highest BCUT2D eigenvalue weighted by Crippen LogP contribution is 2.59. The first-order valence-corrected chi connectivity index (χ1v) is 11.8. The Labute approximate surface area is 170 Å². The summed E-state index contributed by atoms with van der Waals surface area (Å²) in [5, 5.41) is 0. The van der Waals surface area contributed by atoms with Crippen LogP contribution in [0, 0.1) is 35.0 Å². The average Bonchev–Trinajstić information content (AvgIpc) is 2.64. The maximum atomic E-state index is 14.0. The van der Waals surface area contributed by atoms with Gasteiger partial charge in [-0.25, -0.2) is 0 Å². The Balaban J connectivity index is 1.35. The molecule has 1 aliphatic heterocycles. The second-order valence-corrected chi connectivity index (χ2v) is 11.7. The van der Waals surface area contributed by atoms with Crippen LogP contribution in [0.25, 0.3) is 0 Å². The zero-order valence-corrected chi connectivity index (χ0v) is 17.8. The van der Waals surface area contributed by atoms with E-state index in [2.05, 4.69) is 49.9 Å². The molecule has 150 valence electrons. The Morgan fingerprint density at radius 1 is 0.964 bits per heavy atom. The Hall–Kier alpha value is -1.31. The van der Waals surface area contributed by atoms with E-state index in [0.29, 0.717) is 29.7 Å². The van der Waals surface area contributed by atoms with E-state index in [1.54, 1.807) is 0 Å². The van der Waals surface area contributed by atoms with Crippen LogP contribution in [0.5, 0.6) is 0 Å². The predicted molar refractivity (Wildman–Crippen MR) is 112 cm³/mol. The normalized spacial score (nSPS) is 45.0. The van der Waals surface area contributed by atoms with Crippen molar-refractivity contribution in [3.63, 3.8) is 0 Å². The molecule has 0 unspecified atom stereocenters. The lowest BCUT2D eigenvalue weighted by Gasteiger charge is -2.62. The molecule has 5 aliphatic carbocycles. The van der Waals surface area contributed by atoms with Gasteiger partial charge >= 0.3 is 0 Å². The third-order valence-electron chi connectivity index (χ3n) is 10.3. The maximum Gasteiger partial charge on any atom is 0.226 e. The highest BCUT2D eigenvalue weighted by atomic mass is 16.2. The highest BCUT2D eigenvalue weighted by molar-refractivity contribution is 5.81. The van der Waals surface area contributed by atoms with E-state index in [9.17, 15) is 4.79 Å². The monoisotopic (exact) mass is 377 g/mol. The molecule has 1 aromatic rings. The molecule has 0 aromatic heterocycles. The summed E-state index contributed by atoms with van der Waals surface area (Å²) in [5.41, 5.74) is 3.32. The van der Waals surface area contributed by atoms with Crippen LogP contribution in [0.15, 0.2) is 24.3 Å². The van der Waals surface area contributed by atoms with Gasteiger partial charge < -0.3 is 4.90 Å². The van der Waals surface area contributed by atoms with Gasteiger partial charge in [0.05, 0.1) is 0 Å². The summed E-state index contributed by atoms with van der Waals surface area (Å²) in [6.07, 6.45) is 8.96. The summed E-state index contributed by atoms with van der Waals surface area (Å²) in [4.78, 5) is 16.4. The summed E-state index contributed by atoms with van der Waals surface area (Å²) in [6.45, 7) is 8.29. The lowest BCUT2D eigenvalue weighted by molar-refractivity contribution is -0.161. The van der Waals surface area contributed by atoms with Crippen LogP contribution >= 0.6 is 0 Å². The summed E-state index contributed by atoms with van der Waals surface area (Å²) in [5.74, 6) is 4.13. The van der Waals surface area contributed by atoms with Gasteiger partial charge in [-0.05, 0) is 85.2 Å². The minimum atomic E-state index is 0.126. The quantitative estimate of drug-likeness (QED) is 0.659. The molecule has 2 atom stereocenters. The smallest absolute Gasteiger partial charge is 0.226 e. The van der Waals surface area contributed by atoms with E-state index in [0.717, 1.165) is 31.2 Å². The molecule has 1 aromatic carbocycles. The van der Waals surface area contributed by atoms with Crippen LogP contribution in [-0.2, 0) is 16.6 Å². The Bertz CT molecular complexity index is 797. The highest BCUT2D eigenvalue weighted by Gasteiger charge is 2.59. The molecular formula is C26H35NO. The van der Waals surface area contributed by atoms with Crippen molar-refractivity contribution in [2.75, 3.05) is 6.54 Å². The third-order valence-corrected chi connectivity index (χ3v) is 10.3. The second kappa shape index (κ2) is 5.64. The summed E-state index contributed by atoms with van der Waals surface area (Å²) >= 11 is 0. The molecule has 2 nitrogen and oxygen atoms in total. The molecule has 28 heavy (non-hydrogen) atoms. The van der Waals surface area contributed by atoms with Crippen molar-refractivity contribution in [1.29, 1.82) is 0 Å². The second-order valence-electron chi connectivity index (χ2n) is 11.7. The molecule has 6 aliphatic rings. The minimum absolute atomic E-state index is 0.126. The van der Waals surface area contributed by atoms with Crippen molar-refractivity contribution >= 4 is 5.91 Å². The first-order valence-electron chi connectivity index (χ1n) is 11.8. The minimum Gasteiger partial charge on any atom is -0.339 e. The fraction of sp³-hybridized carbons (Fsp3) is 0.731. The van der Waals surface area contributed by atoms with Gasteiger partial charge in [0.25, 0.3) is 0 Å². The number of hydrogen-bond donors (Lipinski definition) is 0. The number of piperidine rings is 1. The molecule has 1 amide bonds. The topological polar surface area (TPSA) is 20.3 Å². The molecule has 2 heteroatoms. The van der Waals surface area contributed by atoms with Crippen LogP contribution in [0.1, 0.15) is 70.4 Å². The van der Waals surface area contributed by atoms with Crippen LogP contribution in [-0.4, -0.2) is 23.4 Å². The van der Waals surface area contributed by atoms with Gasteiger partial charge in [-0.1, -0.05) is 45.0 Å². The Morgan fingerprint density at radius 2 is 1.61 bits per heavy atom. The SMILES string of the molecule is CC1(C)[C@H]2Cc3ccccc3[C@]1(C)CCN2C(=O)C1C2CC3CC(C2)CC1C3. The van der Waals surface area contributed by atoms with E-state index < -0.39 is 0 Å². The van der Waals surface area contributed by atoms with Crippen molar-refractivity contribution in [1.82, 2.24) is 4.90 Å². The van der Waals surface area contributed by atoms with Crippen LogP contribution in [0.4, 0.5) is 0 Å². The maximum absolute atomic E-state index is 14.0. The zero-order valence-electron chi connectivity index (χ0n) is 17.8. The van der Waals surface area contributed by atoms with Crippen LogP contribution in [0.3, 0.4) is 0 Å². The molecule has 4 saturated carbocycles. The number of nitrogens with zero attached hydrogens (tertiary/aromatic N) is 1. The number of hydrogen-bond acceptors (Lipinski definition) is 1. The number of benzene rings is 1. The standard InChI is InChI=1S/C26H35NO/c1-25(2)22-15-18-6-4-5-7-21(18)26(25,3)8-9-27(22)24(28)23-19-11-16-10-17(13-19)14-20(23)12-16/h4-7,16-17,19-20,22-23H,8-15H2,1-3H3/t16?,17?,19?,20?,22-,23?,26+/m1/s1. The van der Waals surface area contributed by atoms with Gasteiger partial charge in [0.15, 0.2) is 0 Å². The predicted octanol–water partition coefficient (Wildman–Crippen LogP) is 5.20. The molecular weight excluding hydrogens is 342 g/mol. The van der Waals surface area contributed by atoms with E-state index in [1.165, 1.54) is 43.2 Å². The summed E-state index contributed by atoms with van der Waals surface area (Å²) in [7, 11) is 0. The van der Waals surface area contributed by atoms with Crippen LogP contribution < -0.4 is 0 Å². The number of amides is 1. The largest absolute Gasteiger partial charge is 0.339 e. The number of carbonyl (C=O) groups excluding carboxylic acids is 1. The van der Waals surface area contributed by atoms with Crippen molar-refractivity contribution in [2.45, 2.75) is 77.2 Å². The van der Waals surface area contributed by atoms with Gasteiger partial charge in [-0.3, -0.25) is 4.79 Å². The Kier molecular flexibility index (Phi) is 3.53. The summed E-state index contributed by atoms with van der Waals surface area (Å²) < 4.78 is 0. The number of carbonyl (C=O) groups is 1. The zero-order chi connectivity index (χ0) is 19.3. The van der Waals surface area contributed by atoms with E-state index in [-0.39, 0.29) is 10.8 Å². The fourth-order valence-corrected chi connectivity index (χ4v) is 8.66. The van der Waals surface area contributed by atoms with Gasteiger partial charge in [0, 0.05) is 23.9 Å². The molecule has 0 spiro atoms. The molecule has 0 N–H and O–H groups in total. The first kappa shape index (κ1) is 17.5. The van der Waals surface area contributed by atoms with Gasteiger partial charge in [-0.15, -0.1) is 0 Å². The van der Waals surface area contributed by atoms with Crippen molar-refractivity contribution in [2.24, 2.45) is 35.0 Å². The van der Waals surface area contributed by atoms with Crippen molar-refractivity contribution in [3.05, 3.63) is 35.4 Å². The van der Waals surface area contributed by atoms with E-state index in [1.807, 2.05) is 0 Å². The number of likely N-dealkylation sites (tertiary alicyclic amines) is 1. The fourth-order valence-electron chi connectivity index (χ4n) is 8.66. The third kappa shape index (κ3) is 2.13. The Morgan fingerprint density at radius 3 is 2.29 bits per heavy atom. The first-order chi connectivity index (χ1) is 13.4. The number of rotatable bonds is 1. The average molecular weight is 378 g/mol. The van der Waals surface area contributed by atoms with Gasteiger partial charge in [0.1, 0.15) is 0 Å². The van der Waals surface area contributed by atoms with Gasteiger partial charge in [0.2, 0.25) is 5.91 Å². The molecule has 0 radical (unpaired) electrons. The van der Waals surface area contributed by atoms with E-state index in [4.69, 9.17) is 0 Å². The molecule has 1 saturated heterocycles. The molecule has 7 rings (SSSR count). The van der Waals surface area contributed by atoms with Crippen molar-refractivity contribution < 1.29 is 4.79 Å². The lowest BCUT2D eigenvalue weighted by Crippen LogP contribution is -2.66. The number of fused-ring (bicyclic) bond motifs is 4. The molecule has 5 fully saturated rings. The molecule has 6 bridgehead atoms. The lowest BCUT2D eigenvalue weighted by atomic mass is 9.49. The molecule has 1 heterocycles. The van der Waals surface area contributed by atoms with E-state index >= 15 is 0 Å². The van der Waals surface area contributed by atoms with Crippen LogP contribution in [0.2, 0.25) is 0 Å². The summed E-state index contributed by atoms with van der Waals surface area (Å²) in [6, 6.07) is 9.40. The van der Waals surface area contributed by atoms with Gasteiger partial charge in [-0.2, -0.15) is 0 Å². The van der Waals surface area contributed by atoms with Crippen molar-refractivity contribution in [3.8, 4) is 0 Å².